The van der Waals surface area contributed by atoms with Crippen LogP contribution in [-0.2, 0) is 19.5 Å². The molecule has 2 aliphatic heterocycles. The molecule has 0 saturated carbocycles. The van der Waals surface area contributed by atoms with Gasteiger partial charge < -0.3 is 4.57 Å². The quantitative estimate of drug-likeness (QED) is 0.820. The van der Waals surface area contributed by atoms with E-state index in [0.29, 0.717) is 0 Å². The van der Waals surface area contributed by atoms with Gasteiger partial charge in [0, 0.05) is 24.5 Å². The van der Waals surface area contributed by atoms with Crippen LogP contribution in [0.2, 0.25) is 0 Å². The van der Waals surface area contributed by atoms with Crippen molar-refractivity contribution in [2.75, 3.05) is 13.1 Å². The molecule has 3 heterocycles. The Balaban J connectivity index is 1.86. The van der Waals surface area contributed by atoms with Crippen molar-refractivity contribution in [3.63, 3.8) is 0 Å². The first kappa shape index (κ1) is 11.2. The molecule has 0 unspecified atom stereocenters. The van der Waals surface area contributed by atoms with Crippen molar-refractivity contribution in [1.82, 2.24) is 9.47 Å². The van der Waals surface area contributed by atoms with E-state index in [4.69, 9.17) is 0 Å². The number of hydrogen-bond acceptors (Lipinski definition) is 2. The highest BCUT2D eigenvalue weighted by Crippen LogP contribution is 2.28. The van der Waals surface area contributed by atoms with Crippen LogP contribution in [0.3, 0.4) is 0 Å². The molecule has 0 atom stereocenters. The molecule has 3 heteroatoms. The highest BCUT2D eigenvalue weighted by molar-refractivity contribution is 5.86. The topological polar surface area (TPSA) is 25.2 Å². The van der Waals surface area contributed by atoms with Crippen molar-refractivity contribution in [1.29, 1.82) is 0 Å². The maximum absolute atomic E-state index is 11.9. The predicted octanol–water partition coefficient (Wildman–Crippen LogP) is 2.15. The Morgan fingerprint density at radius 1 is 1.00 bits per heavy atom. The summed E-state index contributed by atoms with van der Waals surface area (Å²) < 4.78 is 1.94. The maximum Gasteiger partial charge on any atom is 0.251 e. The van der Waals surface area contributed by atoms with E-state index in [0.717, 1.165) is 19.5 Å². The molecule has 0 N–H and O–H groups in total. The van der Waals surface area contributed by atoms with E-state index in [1.54, 1.807) is 6.07 Å². The van der Waals surface area contributed by atoms with Gasteiger partial charge in [0.2, 0.25) is 0 Å². The van der Waals surface area contributed by atoms with Gasteiger partial charge >= 0.3 is 0 Å². The molecule has 0 amide bonds. The van der Waals surface area contributed by atoms with E-state index >= 15 is 0 Å². The van der Waals surface area contributed by atoms with Crippen molar-refractivity contribution in [2.45, 2.75) is 32.4 Å². The summed E-state index contributed by atoms with van der Waals surface area (Å²) in [6.45, 7) is 4.29. The zero-order valence-corrected chi connectivity index (χ0v) is 11.1. The Bertz CT molecular complexity index is 696. The van der Waals surface area contributed by atoms with Gasteiger partial charge in [-0.15, -0.1) is 0 Å². The summed E-state index contributed by atoms with van der Waals surface area (Å²) in [5, 5.41) is 1.28. The summed E-state index contributed by atoms with van der Waals surface area (Å²) in [5.41, 5.74) is 4.03. The van der Waals surface area contributed by atoms with Crippen molar-refractivity contribution < 1.29 is 0 Å². The summed E-state index contributed by atoms with van der Waals surface area (Å²) >= 11 is 0. The Morgan fingerprint density at radius 3 is 2.68 bits per heavy atom. The lowest BCUT2D eigenvalue weighted by molar-refractivity contribution is 0.332. The number of rotatable bonds is 2. The molecule has 2 aromatic rings. The van der Waals surface area contributed by atoms with E-state index in [2.05, 4.69) is 17.0 Å². The number of nitrogens with zero attached hydrogens (tertiary/aromatic N) is 2. The van der Waals surface area contributed by atoms with Gasteiger partial charge in [-0.25, -0.2) is 0 Å². The fourth-order valence-corrected chi connectivity index (χ4v) is 3.53. The zero-order chi connectivity index (χ0) is 12.8. The van der Waals surface area contributed by atoms with E-state index < -0.39 is 0 Å². The maximum atomic E-state index is 11.9. The molecule has 98 valence electrons. The minimum Gasteiger partial charge on any atom is -0.308 e. The van der Waals surface area contributed by atoms with Crippen LogP contribution < -0.4 is 5.56 Å². The summed E-state index contributed by atoms with van der Waals surface area (Å²) in [6, 6.07) is 8.23. The van der Waals surface area contributed by atoms with Crippen molar-refractivity contribution >= 4 is 10.9 Å². The van der Waals surface area contributed by atoms with E-state index in [9.17, 15) is 4.79 Å². The lowest BCUT2D eigenvalue weighted by atomic mass is 10.0. The third-order valence-corrected chi connectivity index (χ3v) is 4.52. The standard InChI is InChI=1S/C16H18N2O/c19-15-6-5-14-13(11-17-8-1-2-9-17)4-3-12-7-10-18(15)16(12)14/h3-6H,1-2,7-11H2. The van der Waals surface area contributed by atoms with Crippen LogP contribution in [0.15, 0.2) is 29.1 Å². The summed E-state index contributed by atoms with van der Waals surface area (Å²) in [4.78, 5) is 14.4. The fourth-order valence-electron chi connectivity index (χ4n) is 3.53. The Morgan fingerprint density at radius 2 is 1.84 bits per heavy atom. The second kappa shape index (κ2) is 4.20. The van der Waals surface area contributed by atoms with Gasteiger partial charge in [-0.2, -0.15) is 0 Å². The number of benzene rings is 1. The zero-order valence-electron chi connectivity index (χ0n) is 11.1. The van der Waals surface area contributed by atoms with Gasteiger partial charge in [0.1, 0.15) is 0 Å². The average Bonchev–Trinajstić information content (AvgIpc) is 3.05. The number of aryl methyl sites for hydroxylation is 2. The monoisotopic (exact) mass is 254 g/mol. The van der Waals surface area contributed by atoms with Gasteiger partial charge in [-0.3, -0.25) is 9.69 Å². The van der Waals surface area contributed by atoms with Gasteiger partial charge in [0.25, 0.3) is 5.56 Å². The Hall–Kier alpha value is -1.61. The summed E-state index contributed by atoms with van der Waals surface area (Å²) in [5.74, 6) is 0. The predicted molar refractivity (Wildman–Crippen MR) is 76.4 cm³/mol. The smallest absolute Gasteiger partial charge is 0.251 e. The van der Waals surface area contributed by atoms with Crippen molar-refractivity contribution in [3.8, 4) is 0 Å². The highest BCUT2D eigenvalue weighted by Gasteiger charge is 2.19. The molecule has 0 spiro atoms. The van der Waals surface area contributed by atoms with E-state index in [1.807, 2.05) is 10.6 Å². The molecule has 19 heavy (non-hydrogen) atoms. The second-order valence-corrected chi connectivity index (χ2v) is 5.70. The van der Waals surface area contributed by atoms with Crippen LogP contribution in [0, 0.1) is 0 Å². The van der Waals surface area contributed by atoms with Crippen LogP contribution in [0.5, 0.6) is 0 Å². The number of hydrogen-bond donors (Lipinski definition) is 0. The third-order valence-electron chi connectivity index (χ3n) is 4.52. The minimum absolute atomic E-state index is 0.143. The Labute approximate surface area is 112 Å². The van der Waals surface area contributed by atoms with Crippen LogP contribution in [0.1, 0.15) is 24.0 Å². The van der Waals surface area contributed by atoms with E-state index in [1.165, 1.54) is 48.0 Å². The second-order valence-electron chi connectivity index (χ2n) is 5.70. The molecule has 0 radical (unpaired) electrons. The molecule has 4 rings (SSSR count). The van der Waals surface area contributed by atoms with Crippen molar-refractivity contribution in [3.05, 3.63) is 45.7 Å². The Kier molecular flexibility index (Phi) is 2.49. The molecule has 0 bridgehead atoms. The van der Waals surface area contributed by atoms with Crippen LogP contribution in [0.25, 0.3) is 10.9 Å². The van der Waals surface area contributed by atoms with Crippen LogP contribution >= 0.6 is 0 Å². The van der Waals surface area contributed by atoms with Crippen molar-refractivity contribution in [2.24, 2.45) is 0 Å². The lowest BCUT2D eigenvalue weighted by Crippen LogP contribution is -2.20. The summed E-state index contributed by atoms with van der Waals surface area (Å²) in [6.07, 6.45) is 3.64. The van der Waals surface area contributed by atoms with E-state index in [-0.39, 0.29) is 5.56 Å². The molecular formula is C16H18N2O. The van der Waals surface area contributed by atoms with Crippen LogP contribution in [0.4, 0.5) is 0 Å². The molecule has 1 saturated heterocycles. The lowest BCUT2D eigenvalue weighted by Gasteiger charge is -2.16. The first-order chi connectivity index (χ1) is 9.33. The molecule has 0 aliphatic carbocycles. The molecule has 1 fully saturated rings. The normalized spacial score (nSPS) is 18.5. The van der Waals surface area contributed by atoms with Gasteiger partial charge in [-0.05, 0) is 49.5 Å². The third kappa shape index (κ3) is 1.72. The first-order valence-corrected chi connectivity index (χ1v) is 7.19. The van der Waals surface area contributed by atoms with Gasteiger partial charge in [0.05, 0.1) is 5.52 Å². The van der Waals surface area contributed by atoms with Gasteiger partial charge in [-0.1, -0.05) is 12.1 Å². The average molecular weight is 254 g/mol. The molecule has 3 nitrogen and oxygen atoms in total. The minimum atomic E-state index is 0.143. The summed E-state index contributed by atoms with van der Waals surface area (Å²) in [7, 11) is 0. The number of pyridine rings is 1. The molecule has 1 aromatic heterocycles. The SMILES string of the molecule is O=c1ccc2c(CN3CCCC3)ccc3c2n1CC3. The number of aromatic nitrogens is 1. The molecule has 1 aromatic carbocycles. The fraction of sp³-hybridized carbons (Fsp3) is 0.438. The first-order valence-electron chi connectivity index (χ1n) is 7.19. The largest absolute Gasteiger partial charge is 0.308 e. The van der Waals surface area contributed by atoms with Crippen LogP contribution in [-0.4, -0.2) is 22.6 Å². The highest BCUT2D eigenvalue weighted by atomic mass is 16.1. The number of likely N-dealkylation sites (tertiary alicyclic amines) is 1. The molecule has 2 aliphatic rings. The van der Waals surface area contributed by atoms with Gasteiger partial charge in [0.15, 0.2) is 0 Å². The molecular weight excluding hydrogens is 236 g/mol.